The molecule has 0 radical (unpaired) electrons. The highest BCUT2D eigenvalue weighted by atomic mass is 32.2. The lowest BCUT2D eigenvalue weighted by atomic mass is 10.3. The Morgan fingerprint density at radius 3 is 2.38 bits per heavy atom. The molecule has 0 spiro atoms. The standard InChI is InChI=1S/C10H12N2O5S.C5H13N/c13-12(14)9-3-1-2-4-10(9)18(15,16)11-5-7-17-8-6-11;1-2-3-4-5-6/h1-4H,5-8H2;2-6H2,1H3. The van der Waals surface area contributed by atoms with Crippen LogP contribution in [0.2, 0.25) is 0 Å². The maximum Gasteiger partial charge on any atom is 0.289 e. The van der Waals surface area contributed by atoms with E-state index in [0.717, 1.165) is 6.54 Å². The van der Waals surface area contributed by atoms with E-state index in [9.17, 15) is 18.5 Å². The van der Waals surface area contributed by atoms with Gasteiger partial charge < -0.3 is 10.5 Å². The molecule has 1 aromatic carbocycles. The SMILES string of the molecule is CCCCCN.O=[N+]([O-])c1ccccc1S(=O)(=O)N1CCOCC1. The molecule has 0 saturated carbocycles. The molecular weight excluding hydrogens is 334 g/mol. The predicted molar refractivity (Wildman–Crippen MR) is 91.3 cm³/mol. The molecule has 0 bridgehead atoms. The Morgan fingerprint density at radius 1 is 1.25 bits per heavy atom. The summed E-state index contributed by atoms with van der Waals surface area (Å²) in [4.78, 5) is 9.90. The van der Waals surface area contributed by atoms with Crippen molar-refractivity contribution in [2.45, 2.75) is 31.1 Å². The van der Waals surface area contributed by atoms with E-state index in [1.807, 2.05) is 0 Å². The maximum atomic E-state index is 12.3. The zero-order valence-corrected chi connectivity index (χ0v) is 14.7. The lowest BCUT2D eigenvalue weighted by molar-refractivity contribution is -0.387. The highest BCUT2D eigenvalue weighted by Crippen LogP contribution is 2.26. The fourth-order valence-corrected chi connectivity index (χ4v) is 3.71. The third kappa shape index (κ3) is 5.82. The number of nitrogens with two attached hydrogens (primary N) is 1. The topological polar surface area (TPSA) is 116 Å². The minimum Gasteiger partial charge on any atom is -0.379 e. The van der Waals surface area contributed by atoms with Crippen LogP contribution in [0.25, 0.3) is 0 Å². The summed E-state index contributed by atoms with van der Waals surface area (Å²) in [7, 11) is -3.83. The third-order valence-electron chi connectivity index (χ3n) is 3.46. The van der Waals surface area contributed by atoms with Gasteiger partial charge >= 0.3 is 0 Å². The van der Waals surface area contributed by atoms with Gasteiger partial charge in [-0.05, 0) is 19.0 Å². The van der Waals surface area contributed by atoms with Crippen LogP contribution in [-0.4, -0.2) is 50.5 Å². The zero-order valence-electron chi connectivity index (χ0n) is 13.9. The van der Waals surface area contributed by atoms with Crippen molar-refractivity contribution in [2.75, 3.05) is 32.8 Å². The fraction of sp³-hybridized carbons (Fsp3) is 0.600. The van der Waals surface area contributed by atoms with Crippen LogP contribution in [0, 0.1) is 10.1 Å². The Kier molecular flexibility index (Phi) is 8.83. The molecular formula is C15H25N3O5S. The number of nitrogens with zero attached hydrogens (tertiary/aromatic N) is 2. The molecule has 0 unspecified atom stereocenters. The predicted octanol–water partition coefficient (Wildman–Crippen LogP) is 1.75. The number of sulfonamides is 1. The van der Waals surface area contributed by atoms with Crippen molar-refractivity contribution in [3.63, 3.8) is 0 Å². The van der Waals surface area contributed by atoms with Gasteiger partial charge in [0, 0.05) is 19.2 Å². The summed E-state index contributed by atoms with van der Waals surface area (Å²) in [5.74, 6) is 0. The largest absolute Gasteiger partial charge is 0.379 e. The van der Waals surface area contributed by atoms with Crippen LogP contribution in [0.4, 0.5) is 5.69 Å². The Balaban J connectivity index is 0.000000413. The minimum absolute atomic E-state index is 0.217. The van der Waals surface area contributed by atoms with Crippen molar-refractivity contribution < 1.29 is 18.1 Å². The summed E-state index contributed by atoms with van der Waals surface area (Å²) in [6.45, 7) is 4.08. The van der Waals surface area contributed by atoms with Crippen LogP contribution in [0.15, 0.2) is 29.2 Å². The molecule has 136 valence electrons. The molecule has 0 aromatic heterocycles. The summed E-state index contributed by atoms with van der Waals surface area (Å²) in [5.41, 5.74) is 4.82. The van der Waals surface area contributed by atoms with Gasteiger partial charge in [-0.15, -0.1) is 0 Å². The van der Waals surface area contributed by atoms with Gasteiger partial charge in [0.2, 0.25) is 10.0 Å². The molecule has 0 amide bonds. The van der Waals surface area contributed by atoms with Gasteiger partial charge in [-0.2, -0.15) is 4.31 Å². The van der Waals surface area contributed by atoms with Crippen LogP contribution in [0.5, 0.6) is 0 Å². The highest BCUT2D eigenvalue weighted by molar-refractivity contribution is 7.89. The first kappa shape index (κ1) is 20.5. The molecule has 24 heavy (non-hydrogen) atoms. The van der Waals surface area contributed by atoms with Crippen LogP contribution >= 0.6 is 0 Å². The van der Waals surface area contributed by atoms with E-state index in [1.165, 1.54) is 47.8 Å². The molecule has 2 rings (SSSR count). The number of nitro benzene ring substituents is 1. The fourth-order valence-electron chi connectivity index (χ4n) is 2.15. The number of ether oxygens (including phenoxy) is 1. The molecule has 1 aliphatic rings. The molecule has 2 N–H and O–H groups in total. The summed E-state index contributed by atoms with van der Waals surface area (Å²) in [5, 5.41) is 10.8. The summed E-state index contributed by atoms with van der Waals surface area (Å²) >= 11 is 0. The van der Waals surface area contributed by atoms with Gasteiger partial charge in [0.25, 0.3) is 5.69 Å². The van der Waals surface area contributed by atoms with E-state index in [1.54, 1.807) is 0 Å². The van der Waals surface area contributed by atoms with Crippen LogP contribution in [0.3, 0.4) is 0 Å². The number of hydrogen-bond donors (Lipinski definition) is 1. The number of nitro groups is 1. The molecule has 8 nitrogen and oxygen atoms in total. The third-order valence-corrected chi connectivity index (χ3v) is 5.40. The maximum absolute atomic E-state index is 12.3. The van der Waals surface area contributed by atoms with Gasteiger partial charge in [0.1, 0.15) is 0 Å². The number of rotatable bonds is 6. The van der Waals surface area contributed by atoms with E-state index >= 15 is 0 Å². The highest BCUT2D eigenvalue weighted by Gasteiger charge is 2.32. The Bertz CT molecular complexity index is 611. The van der Waals surface area contributed by atoms with Crippen molar-refractivity contribution in [1.82, 2.24) is 4.31 Å². The molecule has 1 heterocycles. The van der Waals surface area contributed by atoms with E-state index < -0.39 is 20.6 Å². The van der Waals surface area contributed by atoms with Crippen molar-refractivity contribution in [3.05, 3.63) is 34.4 Å². The molecule has 9 heteroatoms. The molecule has 1 saturated heterocycles. The summed E-state index contributed by atoms with van der Waals surface area (Å²) in [6, 6.07) is 5.35. The number of morpholine rings is 1. The number of unbranched alkanes of at least 4 members (excludes halogenated alkanes) is 2. The monoisotopic (exact) mass is 359 g/mol. The van der Waals surface area contributed by atoms with Crippen LogP contribution in [-0.2, 0) is 14.8 Å². The second-order valence-electron chi connectivity index (χ2n) is 5.24. The average Bonchev–Trinajstić information content (AvgIpc) is 2.61. The Morgan fingerprint density at radius 2 is 1.88 bits per heavy atom. The van der Waals surface area contributed by atoms with Crippen molar-refractivity contribution in [2.24, 2.45) is 5.73 Å². The quantitative estimate of drug-likeness (QED) is 0.470. The molecule has 0 atom stereocenters. The molecule has 1 aromatic rings. The Hall–Kier alpha value is -1.55. The van der Waals surface area contributed by atoms with E-state index in [0.29, 0.717) is 13.2 Å². The number of benzene rings is 1. The lowest BCUT2D eigenvalue weighted by Crippen LogP contribution is -2.40. The summed E-state index contributed by atoms with van der Waals surface area (Å²) < 4.78 is 30.8. The molecule has 1 aliphatic heterocycles. The average molecular weight is 359 g/mol. The van der Waals surface area contributed by atoms with Gasteiger partial charge in [0.15, 0.2) is 4.90 Å². The number of para-hydroxylation sites is 1. The first-order valence-electron chi connectivity index (χ1n) is 7.96. The van der Waals surface area contributed by atoms with Gasteiger partial charge in [-0.25, -0.2) is 8.42 Å². The lowest BCUT2D eigenvalue weighted by Gasteiger charge is -2.25. The second-order valence-corrected chi connectivity index (χ2v) is 7.14. The first-order chi connectivity index (χ1) is 11.4. The molecule has 1 fully saturated rings. The summed E-state index contributed by atoms with van der Waals surface area (Å²) in [6.07, 6.45) is 3.75. The van der Waals surface area contributed by atoms with E-state index in [4.69, 9.17) is 10.5 Å². The van der Waals surface area contributed by atoms with Crippen molar-refractivity contribution in [1.29, 1.82) is 0 Å². The van der Waals surface area contributed by atoms with Crippen molar-refractivity contribution in [3.8, 4) is 0 Å². The van der Waals surface area contributed by atoms with Crippen LogP contribution in [0.1, 0.15) is 26.2 Å². The van der Waals surface area contributed by atoms with Gasteiger partial charge in [0.05, 0.1) is 18.1 Å². The zero-order chi connectivity index (χ0) is 18.0. The van der Waals surface area contributed by atoms with Gasteiger partial charge in [-0.3, -0.25) is 10.1 Å². The first-order valence-corrected chi connectivity index (χ1v) is 9.40. The second kappa shape index (κ2) is 10.3. The van der Waals surface area contributed by atoms with E-state index in [-0.39, 0.29) is 18.0 Å². The number of hydrogen-bond acceptors (Lipinski definition) is 6. The van der Waals surface area contributed by atoms with E-state index in [2.05, 4.69) is 6.92 Å². The Labute approximate surface area is 142 Å². The van der Waals surface area contributed by atoms with Crippen molar-refractivity contribution >= 4 is 15.7 Å². The van der Waals surface area contributed by atoms with Crippen LogP contribution < -0.4 is 5.73 Å². The normalized spacial score (nSPS) is 15.4. The molecule has 0 aliphatic carbocycles. The smallest absolute Gasteiger partial charge is 0.289 e. The van der Waals surface area contributed by atoms with Gasteiger partial charge in [-0.1, -0.05) is 31.9 Å². The minimum atomic E-state index is -3.83.